The monoisotopic (exact) mass is 185 g/mol. The lowest BCUT2D eigenvalue weighted by molar-refractivity contribution is 0.480. The second-order valence-corrected chi connectivity index (χ2v) is 3.18. The minimum Gasteiger partial charge on any atom is -0.506 e. The minimum atomic E-state index is 0.236. The average Bonchev–Trinajstić information content (AvgIpc) is 2.18. The quantitative estimate of drug-likeness (QED) is 0.729. The van der Waals surface area contributed by atoms with E-state index in [1.54, 1.807) is 12.3 Å². The van der Waals surface area contributed by atoms with E-state index in [1.165, 1.54) is 0 Å². The van der Waals surface area contributed by atoms with Gasteiger partial charge in [0.1, 0.15) is 11.3 Å². The second kappa shape index (κ2) is 3.50. The molecule has 0 saturated carbocycles. The highest BCUT2D eigenvalue weighted by Crippen LogP contribution is 2.24. The van der Waals surface area contributed by atoms with Crippen LogP contribution in [0.15, 0.2) is 43.1 Å². The van der Waals surface area contributed by atoms with Gasteiger partial charge >= 0.3 is 0 Å². The fourth-order valence-electron chi connectivity index (χ4n) is 1.52. The zero-order valence-electron chi connectivity index (χ0n) is 7.77. The first kappa shape index (κ1) is 8.75. The van der Waals surface area contributed by atoms with E-state index in [0.29, 0.717) is 5.52 Å². The van der Waals surface area contributed by atoms with Crippen LogP contribution in [0.25, 0.3) is 10.9 Å². The Morgan fingerprint density at radius 2 is 2.29 bits per heavy atom. The van der Waals surface area contributed by atoms with E-state index in [4.69, 9.17) is 0 Å². The number of fused-ring (bicyclic) bond motifs is 1. The maximum absolute atomic E-state index is 9.68. The van der Waals surface area contributed by atoms with Gasteiger partial charge in [-0.15, -0.1) is 6.58 Å². The number of phenols is 1. The number of allylic oxidation sites excluding steroid dienone is 1. The van der Waals surface area contributed by atoms with Crippen molar-refractivity contribution < 1.29 is 5.11 Å². The molecular weight excluding hydrogens is 174 g/mol. The number of aromatic hydroxyl groups is 1. The van der Waals surface area contributed by atoms with Gasteiger partial charge < -0.3 is 5.11 Å². The molecule has 2 nitrogen and oxygen atoms in total. The Hall–Kier alpha value is -1.83. The van der Waals surface area contributed by atoms with Crippen molar-refractivity contribution in [2.45, 2.75) is 6.42 Å². The van der Waals surface area contributed by atoms with Crippen molar-refractivity contribution in [2.24, 2.45) is 0 Å². The van der Waals surface area contributed by atoms with E-state index >= 15 is 0 Å². The first-order chi connectivity index (χ1) is 6.81. The van der Waals surface area contributed by atoms with Gasteiger partial charge in [-0.2, -0.15) is 0 Å². The van der Waals surface area contributed by atoms with Crippen LogP contribution in [0.3, 0.4) is 0 Å². The zero-order valence-corrected chi connectivity index (χ0v) is 7.77. The molecule has 0 aliphatic rings. The summed E-state index contributed by atoms with van der Waals surface area (Å²) in [6, 6.07) is 7.55. The number of pyridine rings is 1. The molecule has 14 heavy (non-hydrogen) atoms. The summed E-state index contributed by atoms with van der Waals surface area (Å²) >= 11 is 0. The van der Waals surface area contributed by atoms with Gasteiger partial charge in [-0.3, -0.25) is 4.98 Å². The third kappa shape index (κ3) is 1.46. The smallest absolute Gasteiger partial charge is 0.142 e. The van der Waals surface area contributed by atoms with Gasteiger partial charge in [0.25, 0.3) is 0 Å². The van der Waals surface area contributed by atoms with Crippen molar-refractivity contribution in [3.05, 3.63) is 48.7 Å². The molecule has 0 atom stereocenters. The predicted octanol–water partition coefficient (Wildman–Crippen LogP) is 2.67. The van der Waals surface area contributed by atoms with Crippen LogP contribution in [-0.2, 0) is 6.42 Å². The van der Waals surface area contributed by atoms with E-state index < -0.39 is 0 Å². The molecule has 1 heterocycles. The van der Waals surface area contributed by atoms with Crippen molar-refractivity contribution in [1.82, 2.24) is 4.98 Å². The Labute approximate surface area is 82.5 Å². The fraction of sp³-hybridized carbons (Fsp3) is 0.0833. The molecule has 0 spiro atoms. The van der Waals surface area contributed by atoms with Gasteiger partial charge in [-0.1, -0.05) is 12.1 Å². The molecule has 0 aliphatic heterocycles. The van der Waals surface area contributed by atoms with Crippen LogP contribution in [0.2, 0.25) is 0 Å². The first-order valence-electron chi connectivity index (χ1n) is 4.49. The highest BCUT2D eigenvalue weighted by Gasteiger charge is 2.02. The van der Waals surface area contributed by atoms with Crippen LogP contribution >= 0.6 is 0 Å². The number of benzene rings is 1. The van der Waals surface area contributed by atoms with Gasteiger partial charge in [0.05, 0.1) is 0 Å². The summed E-state index contributed by atoms with van der Waals surface area (Å²) in [5, 5.41) is 10.6. The van der Waals surface area contributed by atoms with Gasteiger partial charge in [-0.25, -0.2) is 0 Å². The number of nitrogens with zero attached hydrogens (tertiary/aromatic N) is 1. The minimum absolute atomic E-state index is 0.236. The molecule has 0 radical (unpaired) electrons. The number of hydrogen-bond acceptors (Lipinski definition) is 2. The van der Waals surface area contributed by atoms with Crippen molar-refractivity contribution >= 4 is 10.9 Å². The normalized spacial score (nSPS) is 10.3. The SMILES string of the molecule is C=CCc1cc(O)c2ncccc2c1. The number of phenolic OH excluding ortho intramolecular Hbond substituents is 1. The maximum Gasteiger partial charge on any atom is 0.142 e. The van der Waals surface area contributed by atoms with Crippen molar-refractivity contribution in [3.63, 3.8) is 0 Å². The predicted molar refractivity (Wildman–Crippen MR) is 57.3 cm³/mol. The molecule has 0 saturated heterocycles. The number of rotatable bonds is 2. The van der Waals surface area contributed by atoms with Gasteiger partial charge in [0.15, 0.2) is 0 Å². The molecule has 70 valence electrons. The average molecular weight is 185 g/mol. The molecule has 0 unspecified atom stereocenters. The summed E-state index contributed by atoms with van der Waals surface area (Å²) in [4.78, 5) is 4.11. The molecule has 0 fully saturated rings. The summed E-state index contributed by atoms with van der Waals surface area (Å²) < 4.78 is 0. The summed E-state index contributed by atoms with van der Waals surface area (Å²) in [5.41, 5.74) is 1.71. The van der Waals surface area contributed by atoms with E-state index in [2.05, 4.69) is 11.6 Å². The molecule has 1 N–H and O–H groups in total. The zero-order chi connectivity index (χ0) is 9.97. The summed E-state index contributed by atoms with van der Waals surface area (Å²) in [5.74, 6) is 0.236. The Balaban J connectivity index is 2.65. The number of aromatic nitrogens is 1. The van der Waals surface area contributed by atoms with Crippen LogP contribution in [0.5, 0.6) is 5.75 Å². The van der Waals surface area contributed by atoms with Crippen LogP contribution in [0.4, 0.5) is 0 Å². The van der Waals surface area contributed by atoms with E-state index in [0.717, 1.165) is 17.4 Å². The highest BCUT2D eigenvalue weighted by molar-refractivity contribution is 5.84. The second-order valence-electron chi connectivity index (χ2n) is 3.18. The first-order valence-corrected chi connectivity index (χ1v) is 4.49. The lowest BCUT2D eigenvalue weighted by atomic mass is 10.1. The lowest BCUT2D eigenvalue weighted by Crippen LogP contribution is -1.84. The topological polar surface area (TPSA) is 33.1 Å². The van der Waals surface area contributed by atoms with Gasteiger partial charge in [0, 0.05) is 11.6 Å². The van der Waals surface area contributed by atoms with Gasteiger partial charge in [-0.05, 0) is 30.2 Å². The number of hydrogen-bond donors (Lipinski definition) is 1. The van der Waals surface area contributed by atoms with Crippen LogP contribution < -0.4 is 0 Å². The summed E-state index contributed by atoms with van der Waals surface area (Å²) in [6.07, 6.45) is 4.25. The summed E-state index contributed by atoms with van der Waals surface area (Å²) in [6.45, 7) is 3.67. The molecular formula is C12H11NO. The van der Waals surface area contributed by atoms with Crippen molar-refractivity contribution in [1.29, 1.82) is 0 Å². The third-order valence-corrected chi connectivity index (χ3v) is 2.12. The van der Waals surface area contributed by atoms with Crippen molar-refractivity contribution in [2.75, 3.05) is 0 Å². The van der Waals surface area contributed by atoms with Crippen LogP contribution in [0, 0.1) is 0 Å². The highest BCUT2D eigenvalue weighted by atomic mass is 16.3. The van der Waals surface area contributed by atoms with Crippen LogP contribution in [-0.4, -0.2) is 10.1 Å². The Morgan fingerprint density at radius 3 is 3.07 bits per heavy atom. The molecule has 2 aromatic rings. The molecule has 1 aromatic heterocycles. The molecule has 0 aliphatic carbocycles. The van der Waals surface area contributed by atoms with Crippen LogP contribution in [0.1, 0.15) is 5.56 Å². The Morgan fingerprint density at radius 1 is 1.43 bits per heavy atom. The van der Waals surface area contributed by atoms with E-state index in [-0.39, 0.29) is 5.75 Å². The molecule has 0 amide bonds. The maximum atomic E-state index is 9.68. The molecule has 0 bridgehead atoms. The largest absolute Gasteiger partial charge is 0.506 e. The molecule has 2 rings (SSSR count). The molecule has 2 heteroatoms. The molecule has 1 aromatic carbocycles. The standard InChI is InChI=1S/C12H11NO/c1-2-4-9-7-10-5-3-6-13-12(10)11(14)8-9/h2-3,5-8,14H,1,4H2. The Bertz CT molecular complexity index is 477. The fourth-order valence-corrected chi connectivity index (χ4v) is 1.52. The van der Waals surface area contributed by atoms with Crippen molar-refractivity contribution in [3.8, 4) is 5.75 Å². The summed E-state index contributed by atoms with van der Waals surface area (Å²) in [7, 11) is 0. The third-order valence-electron chi connectivity index (χ3n) is 2.12. The Kier molecular flexibility index (Phi) is 2.19. The lowest BCUT2D eigenvalue weighted by Gasteiger charge is -2.02. The van der Waals surface area contributed by atoms with E-state index in [9.17, 15) is 5.11 Å². The van der Waals surface area contributed by atoms with Gasteiger partial charge in [0.2, 0.25) is 0 Å². The van der Waals surface area contributed by atoms with E-state index in [1.807, 2.05) is 24.3 Å².